The van der Waals surface area contributed by atoms with Gasteiger partial charge in [0.1, 0.15) is 5.56 Å². The van der Waals surface area contributed by atoms with Gasteiger partial charge in [-0.3, -0.25) is 9.35 Å². The first-order valence-corrected chi connectivity index (χ1v) is 8.06. The van der Waals surface area contributed by atoms with Gasteiger partial charge in [0.05, 0.1) is 4.90 Å². The third-order valence-corrected chi connectivity index (χ3v) is 3.85. The summed E-state index contributed by atoms with van der Waals surface area (Å²) >= 11 is 0. The molecule has 12 heteroatoms. The zero-order valence-corrected chi connectivity index (χ0v) is 14.0. The predicted molar refractivity (Wildman–Crippen MR) is 79.5 cm³/mol. The maximum absolute atomic E-state index is 12.6. The number of hydrogen-bond donors (Lipinski definition) is 2. The Kier molecular flexibility index (Phi) is 6.76. The number of ketones is 1. The van der Waals surface area contributed by atoms with Crippen LogP contribution in [0.15, 0.2) is 29.2 Å². The van der Waals surface area contributed by atoms with Crippen LogP contribution in [-0.4, -0.2) is 29.8 Å². The second-order valence-electron chi connectivity index (χ2n) is 4.81. The van der Waals surface area contributed by atoms with Crippen LogP contribution in [0, 0.1) is 29.1 Å². The van der Waals surface area contributed by atoms with Crippen molar-refractivity contribution in [1.82, 2.24) is 0 Å². The van der Waals surface area contributed by atoms with E-state index in [0.717, 1.165) is 0 Å². The topological polar surface area (TPSA) is 109 Å². The number of benzene rings is 2. The van der Waals surface area contributed by atoms with Crippen molar-refractivity contribution in [3.05, 3.63) is 64.5 Å². The van der Waals surface area contributed by atoms with Gasteiger partial charge in [-0.25, -0.2) is 26.7 Å². The molecule has 0 fully saturated rings. The van der Waals surface area contributed by atoms with Crippen molar-refractivity contribution in [1.29, 1.82) is 0 Å². The first-order valence-electron chi connectivity index (χ1n) is 6.62. The molecule has 6 nitrogen and oxygen atoms in total. The van der Waals surface area contributed by atoms with Crippen LogP contribution in [0.1, 0.15) is 27.6 Å². The summed E-state index contributed by atoms with van der Waals surface area (Å²) in [5.41, 5.74) is -1.45. The first kappa shape index (κ1) is 22.2. The molecule has 0 bridgehead atoms. The highest BCUT2D eigenvalue weighted by Gasteiger charge is 2.29. The minimum atomic E-state index is -4.16. The Morgan fingerprint density at radius 3 is 1.48 bits per heavy atom. The van der Waals surface area contributed by atoms with Gasteiger partial charge >= 0.3 is 5.97 Å². The van der Waals surface area contributed by atoms with Crippen LogP contribution < -0.4 is 0 Å². The van der Waals surface area contributed by atoms with Crippen LogP contribution in [0.4, 0.5) is 22.0 Å². The normalized spacial score (nSPS) is 10.8. The van der Waals surface area contributed by atoms with Crippen molar-refractivity contribution in [3.63, 3.8) is 0 Å². The van der Waals surface area contributed by atoms with Crippen molar-refractivity contribution in [2.75, 3.05) is 0 Å². The molecule has 0 heterocycles. The standard InChI is InChI=1S/C8H8O4S.C7HF5O2/c1-6(9)7-2-4-8(5-3-7)13(10,11)12;8-2-1(7(13)14)3(9)5(11)6(12)4(2)10/h2-5H,1H3,(H,10,11,12);(H,13,14). The molecule has 0 spiro atoms. The summed E-state index contributed by atoms with van der Waals surface area (Å²) in [5, 5.41) is 8.15. The van der Waals surface area contributed by atoms with E-state index in [1.54, 1.807) is 0 Å². The summed E-state index contributed by atoms with van der Waals surface area (Å²) < 4.78 is 91.9. The van der Waals surface area contributed by atoms with Crippen LogP contribution in [0.5, 0.6) is 0 Å². The predicted octanol–water partition coefficient (Wildman–Crippen LogP) is 3.22. The van der Waals surface area contributed by atoms with Gasteiger partial charge in [-0.15, -0.1) is 0 Å². The first-order chi connectivity index (χ1) is 12.3. The number of rotatable bonds is 3. The van der Waals surface area contributed by atoms with Gasteiger partial charge in [-0.05, 0) is 19.1 Å². The second kappa shape index (κ2) is 8.22. The van der Waals surface area contributed by atoms with Gasteiger partial charge in [0.2, 0.25) is 5.82 Å². The largest absolute Gasteiger partial charge is 0.477 e. The smallest absolute Gasteiger partial charge is 0.341 e. The number of carboxylic acids is 1. The van der Waals surface area contributed by atoms with Gasteiger partial charge in [0.15, 0.2) is 29.1 Å². The summed E-state index contributed by atoms with van der Waals surface area (Å²) in [6, 6.07) is 5.08. The number of halogens is 5. The van der Waals surface area contributed by atoms with Crippen LogP contribution in [0.2, 0.25) is 0 Å². The van der Waals surface area contributed by atoms with Crippen molar-refractivity contribution >= 4 is 21.9 Å². The Morgan fingerprint density at radius 2 is 1.19 bits per heavy atom. The fraction of sp³-hybridized carbons (Fsp3) is 0.0667. The molecule has 0 unspecified atom stereocenters. The van der Waals surface area contributed by atoms with Gasteiger partial charge in [-0.1, -0.05) is 12.1 Å². The lowest BCUT2D eigenvalue weighted by atomic mass is 10.1. The van der Waals surface area contributed by atoms with Crippen LogP contribution in [0.25, 0.3) is 0 Å². The number of aromatic carboxylic acids is 1. The minimum absolute atomic E-state index is 0.151. The number of hydrogen-bond acceptors (Lipinski definition) is 4. The highest BCUT2D eigenvalue weighted by atomic mass is 32.2. The molecule has 27 heavy (non-hydrogen) atoms. The van der Waals surface area contributed by atoms with Crippen molar-refractivity contribution in [3.8, 4) is 0 Å². The molecule has 0 aliphatic carbocycles. The van der Waals surface area contributed by atoms with E-state index in [1.807, 2.05) is 0 Å². The molecule has 0 aromatic heterocycles. The van der Waals surface area contributed by atoms with Crippen molar-refractivity contribution in [2.24, 2.45) is 0 Å². The Labute approximate surface area is 148 Å². The SMILES string of the molecule is CC(=O)c1ccc(S(=O)(=O)O)cc1.O=C(O)c1c(F)c(F)c(F)c(F)c1F. The van der Waals surface area contributed by atoms with Gasteiger partial charge in [0, 0.05) is 5.56 Å². The maximum Gasteiger partial charge on any atom is 0.341 e. The molecule has 2 aromatic carbocycles. The van der Waals surface area contributed by atoms with Gasteiger partial charge in [-0.2, -0.15) is 8.42 Å². The van der Waals surface area contributed by atoms with Gasteiger partial charge < -0.3 is 5.11 Å². The molecule has 0 atom stereocenters. The number of carbonyl (C=O) groups is 2. The van der Waals surface area contributed by atoms with Crippen LogP contribution >= 0.6 is 0 Å². The summed E-state index contributed by atoms with van der Waals surface area (Å²) in [6.45, 7) is 1.38. The van der Waals surface area contributed by atoms with Crippen molar-refractivity contribution < 1.29 is 49.6 Å². The van der Waals surface area contributed by atoms with E-state index in [-0.39, 0.29) is 10.7 Å². The number of Topliss-reactive ketones (excluding diaryl/α,β-unsaturated/α-hetero) is 1. The average Bonchev–Trinajstić information content (AvgIpc) is 2.58. The van der Waals surface area contributed by atoms with E-state index < -0.39 is 50.7 Å². The summed E-state index contributed by atoms with van der Waals surface area (Å²) in [7, 11) is -4.16. The average molecular weight is 412 g/mol. The van der Waals surface area contributed by atoms with Crippen LogP contribution in [0.3, 0.4) is 0 Å². The molecule has 0 saturated carbocycles. The van der Waals surface area contributed by atoms with E-state index in [2.05, 4.69) is 0 Å². The minimum Gasteiger partial charge on any atom is -0.477 e. The molecule has 146 valence electrons. The summed E-state index contributed by atoms with van der Waals surface area (Å²) in [4.78, 5) is 20.7. The molecular formula is C15H9F5O6S. The maximum atomic E-state index is 12.6. The molecule has 0 saturated heterocycles. The third-order valence-electron chi connectivity index (χ3n) is 2.98. The molecular weight excluding hydrogens is 403 g/mol. The summed E-state index contributed by atoms with van der Waals surface area (Å²) in [6.07, 6.45) is 0. The zero-order chi connectivity index (χ0) is 21.1. The van der Waals surface area contributed by atoms with E-state index >= 15 is 0 Å². The number of carboxylic acid groups (broad SMARTS) is 1. The third kappa shape index (κ3) is 5.08. The fourth-order valence-corrected chi connectivity index (χ4v) is 2.13. The van der Waals surface area contributed by atoms with Crippen molar-refractivity contribution in [2.45, 2.75) is 11.8 Å². The molecule has 2 rings (SSSR count). The highest BCUT2D eigenvalue weighted by Crippen LogP contribution is 2.22. The molecule has 0 aliphatic heterocycles. The van der Waals surface area contributed by atoms with E-state index in [0.29, 0.717) is 5.56 Å². The van der Waals surface area contributed by atoms with E-state index in [1.165, 1.54) is 31.2 Å². The van der Waals surface area contributed by atoms with Gasteiger partial charge in [0.25, 0.3) is 10.1 Å². The van der Waals surface area contributed by atoms with Crippen LogP contribution in [-0.2, 0) is 10.1 Å². The zero-order valence-electron chi connectivity index (χ0n) is 13.1. The summed E-state index contributed by atoms with van der Waals surface area (Å²) in [5.74, 6) is -14.0. The quantitative estimate of drug-likeness (QED) is 0.264. The Hall–Kier alpha value is -2.86. The Morgan fingerprint density at radius 1 is 0.815 bits per heavy atom. The molecule has 0 radical (unpaired) electrons. The fourth-order valence-electron chi connectivity index (χ4n) is 1.65. The molecule has 2 N–H and O–H groups in total. The lowest BCUT2D eigenvalue weighted by Gasteiger charge is -2.03. The second-order valence-corrected chi connectivity index (χ2v) is 6.23. The molecule has 0 amide bonds. The lowest BCUT2D eigenvalue weighted by molar-refractivity contribution is 0.0682. The highest BCUT2D eigenvalue weighted by molar-refractivity contribution is 7.85. The number of carbonyl (C=O) groups excluding carboxylic acids is 1. The van der Waals surface area contributed by atoms with E-state index in [9.17, 15) is 40.0 Å². The van der Waals surface area contributed by atoms with E-state index in [4.69, 9.17) is 9.66 Å². The lowest BCUT2D eigenvalue weighted by Crippen LogP contribution is -2.11. The Balaban J connectivity index is 0.000000271. The Bertz CT molecular complexity index is 973. The molecule has 0 aliphatic rings. The molecule has 2 aromatic rings. The monoisotopic (exact) mass is 412 g/mol.